The van der Waals surface area contributed by atoms with Crippen LogP contribution in [0, 0.1) is 11.6 Å². The van der Waals surface area contributed by atoms with Crippen molar-refractivity contribution < 1.29 is 36.6 Å². The maximum Gasteiger partial charge on any atom is 0.421 e. The summed E-state index contributed by atoms with van der Waals surface area (Å²) >= 11 is 0. The lowest BCUT2D eigenvalue weighted by Gasteiger charge is -2.20. The first-order valence-electron chi connectivity index (χ1n) is 12.2. The van der Waals surface area contributed by atoms with Crippen LogP contribution in [0.3, 0.4) is 0 Å². The predicted octanol–water partition coefficient (Wildman–Crippen LogP) is 7.21. The van der Waals surface area contributed by atoms with Crippen LogP contribution in [0.25, 0.3) is 5.69 Å². The average Bonchev–Trinajstić information content (AvgIpc) is 3.31. The highest BCUT2D eigenvalue weighted by Crippen LogP contribution is 2.37. The van der Waals surface area contributed by atoms with E-state index in [0.29, 0.717) is 23.9 Å². The summed E-state index contributed by atoms with van der Waals surface area (Å²) < 4.78 is 76.1. The van der Waals surface area contributed by atoms with Gasteiger partial charge in [0.1, 0.15) is 29.6 Å². The van der Waals surface area contributed by atoms with Gasteiger partial charge in [0, 0.05) is 31.4 Å². The Morgan fingerprint density at radius 3 is 2.40 bits per heavy atom. The van der Waals surface area contributed by atoms with E-state index in [1.807, 2.05) is 31.9 Å². The first-order valence-corrected chi connectivity index (χ1v) is 12.2. The maximum atomic E-state index is 14.3. The molecule has 0 unspecified atom stereocenters. The van der Waals surface area contributed by atoms with Crippen molar-refractivity contribution in [2.24, 2.45) is 0 Å². The smallest absolute Gasteiger partial charge is 0.421 e. The van der Waals surface area contributed by atoms with Gasteiger partial charge in [0.25, 0.3) is 0 Å². The molecule has 3 aromatic carbocycles. The van der Waals surface area contributed by atoms with Gasteiger partial charge >= 0.3 is 12.1 Å². The van der Waals surface area contributed by atoms with Crippen LogP contribution in [0.2, 0.25) is 0 Å². The van der Waals surface area contributed by atoms with Crippen molar-refractivity contribution in [2.45, 2.75) is 39.1 Å². The highest BCUT2D eigenvalue weighted by molar-refractivity contribution is 5.87. The number of halogens is 5. The van der Waals surface area contributed by atoms with E-state index in [-0.39, 0.29) is 29.8 Å². The minimum Gasteiger partial charge on any atom is -0.487 e. The van der Waals surface area contributed by atoms with Gasteiger partial charge in [0.05, 0.1) is 23.1 Å². The van der Waals surface area contributed by atoms with Crippen LogP contribution in [0.1, 0.15) is 52.5 Å². The van der Waals surface area contributed by atoms with E-state index < -0.39 is 35.0 Å². The van der Waals surface area contributed by atoms with Crippen molar-refractivity contribution in [3.05, 3.63) is 106 Å². The lowest BCUT2D eigenvalue weighted by Crippen LogP contribution is -2.17. The van der Waals surface area contributed by atoms with Gasteiger partial charge in [-0.05, 0) is 53.4 Å². The fraction of sp³-hybridized carbons (Fsp3) is 0.241. The summed E-state index contributed by atoms with van der Waals surface area (Å²) in [7, 11) is 1.84. The molecule has 0 saturated carbocycles. The van der Waals surface area contributed by atoms with Gasteiger partial charge in [0.15, 0.2) is 0 Å². The van der Waals surface area contributed by atoms with Crippen LogP contribution in [0.5, 0.6) is 5.75 Å². The third-order valence-electron chi connectivity index (χ3n) is 6.32. The molecule has 0 aliphatic carbocycles. The summed E-state index contributed by atoms with van der Waals surface area (Å²) in [6.45, 7) is 3.88. The second-order valence-corrected chi connectivity index (χ2v) is 9.54. The minimum absolute atomic E-state index is 0.157. The Hall–Kier alpha value is -4.41. The monoisotopic (exact) mass is 559 g/mol. The van der Waals surface area contributed by atoms with Crippen molar-refractivity contribution in [1.29, 1.82) is 0 Å². The third-order valence-corrected chi connectivity index (χ3v) is 6.32. The van der Waals surface area contributed by atoms with Gasteiger partial charge in [-0.2, -0.15) is 18.3 Å². The molecule has 0 spiro atoms. The second-order valence-electron chi connectivity index (χ2n) is 9.54. The molecule has 0 radical (unpaired) electrons. The topological polar surface area (TPSA) is 67.6 Å². The summed E-state index contributed by atoms with van der Waals surface area (Å²) in [6.07, 6.45) is -3.71. The lowest BCUT2D eigenvalue weighted by atomic mass is 10.0. The van der Waals surface area contributed by atoms with E-state index in [2.05, 4.69) is 5.10 Å². The Kier molecular flexibility index (Phi) is 8.13. The number of nitrogens with zero attached hydrogens (tertiary/aromatic N) is 3. The summed E-state index contributed by atoms with van der Waals surface area (Å²) in [6, 6.07) is 14.3. The van der Waals surface area contributed by atoms with Crippen LogP contribution in [0.15, 0.2) is 66.9 Å². The quantitative estimate of drug-likeness (QED) is 0.220. The Bertz CT molecular complexity index is 1510. The summed E-state index contributed by atoms with van der Waals surface area (Å²) in [4.78, 5) is 13.1. The number of ether oxygens (including phenoxy) is 1. The molecule has 4 rings (SSSR count). The molecule has 0 bridgehead atoms. The van der Waals surface area contributed by atoms with Crippen LogP contribution < -0.4 is 9.64 Å². The number of alkyl halides is 3. The molecule has 11 heteroatoms. The summed E-state index contributed by atoms with van der Waals surface area (Å²) in [5.41, 5.74) is 0.227. The normalized spacial score (nSPS) is 11.6. The van der Waals surface area contributed by atoms with Gasteiger partial charge in [-0.25, -0.2) is 18.3 Å². The van der Waals surface area contributed by atoms with E-state index >= 15 is 0 Å². The van der Waals surface area contributed by atoms with Crippen LogP contribution >= 0.6 is 0 Å². The molecule has 0 amide bonds. The maximum absolute atomic E-state index is 14.3. The molecule has 0 fully saturated rings. The zero-order chi connectivity index (χ0) is 29.2. The van der Waals surface area contributed by atoms with Crippen LogP contribution in [-0.4, -0.2) is 27.9 Å². The molecular weight excluding hydrogens is 533 g/mol. The highest BCUT2D eigenvalue weighted by atomic mass is 19.4. The average molecular weight is 560 g/mol. The van der Waals surface area contributed by atoms with Crippen molar-refractivity contribution in [3.8, 4) is 11.4 Å². The fourth-order valence-electron chi connectivity index (χ4n) is 4.34. The molecule has 0 aliphatic rings. The number of hydrogen-bond donors (Lipinski definition) is 1. The SMILES string of the molecule is CC(C)c1cnn(-c2cc(F)cc(F)c2C(F)(F)F)c1COc1ccc(N(C)Cc2cccc(C(=O)O)c2)cc1. The molecule has 0 aliphatic heterocycles. The number of aromatic nitrogens is 2. The van der Waals surface area contributed by atoms with Gasteiger partial charge < -0.3 is 14.7 Å². The number of carboxylic acid groups (broad SMARTS) is 1. The van der Waals surface area contributed by atoms with Crippen molar-refractivity contribution >= 4 is 11.7 Å². The number of carboxylic acids is 1. The number of hydrogen-bond acceptors (Lipinski definition) is 4. The number of anilines is 1. The van der Waals surface area contributed by atoms with Gasteiger partial charge in [-0.3, -0.25) is 0 Å². The molecule has 1 N–H and O–H groups in total. The molecule has 6 nitrogen and oxygen atoms in total. The lowest BCUT2D eigenvalue weighted by molar-refractivity contribution is -0.140. The van der Waals surface area contributed by atoms with E-state index in [1.54, 1.807) is 36.4 Å². The Morgan fingerprint density at radius 2 is 1.77 bits per heavy atom. The van der Waals surface area contributed by atoms with E-state index in [1.165, 1.54) is 12.3 Å². The second kappa shape index (κ2) is 11.4. The number of aromatic carboxylic acids is 1. The first kappa shape index (κ1) is 28.6. The molecule has 210 valence electrons. The predicted molar refractivity (Wildman–Crippen MR) is 139 cm³/mol. The zero-order valence-electron chi connectivity index (χ0n) is 21.8. The first-order chi connectivity index (χ1) is 18.8. The Morgan fingerprint density at radius 1 is 1.07 bits per heavy atom. The number of carbonyl (C=O) groups is 1. The highest BCUT2D eigenvalue weighted by Gasteiger charge is 2.39. The molecule has 0 atom stereocenters. The standard InChI is InChI=1S/C29H26F5N3O3/c1-17(2)23-14-35-37(25-13-20(30)12-24(31)27(25)29(32,33)34)26(23)16-40-22-9-7-21(8-10-22)36(3)15-18-5-4-6-19(11-18)28(38)39/h4-14,17H,15-16H2,1-3H3,(H,38,39). The summed E-state index contributed by atoms with van der Waals surface area (Å²) in [5.74, 6) is -3.65. The molecule has 4 aromatic rings. The van der Waals surface area contributed by atoms with Crippen LogP contribution in [-0.2, 0) is 19.3 Å². The minimum atomic E-state index is -5.08. The molecule has 1 aromatic heterocycles. The fourth-order valence-corrected chi connectivity index (χ4v) is 4.34. The Labute approximate surface area is 227 Å². The van der Waals surface area contributed by atoms with E-state index in [4.69, 9.17) is 4.74 Å². The van der Waals surface area contributed by atoms with E-state index in [9.17, 15) is 31.9 Å². The van der Waals surface area contributed by atoms with Crippen molar-refractivity contribution in [2.75, 3.05) is 11.9 Å². The molecule has 0 saturated heterocycles. The largest absolute Gasteiger partial charge is 0.487 e. The van der Waals surface area contributed by atoms with Gasteiger partial charge in [-0.1, -0.05) is 26.0 Å². The Balaban J connectivity index is 1.56. The zero-order valence-corrected chi connectivity index (χ0v) is 21.8. The van der Waals surface area contributed by atoms with Crippen molar-refractivity contribution in [3.63, 3.8) is 0 Å². The molecular formula is C29H26F5N3O3. The molecule has 40 heavy (non-hydrogen) atoms. The van der Waals surface area contributed by atoms with E-state index in [0.717, 1.165) is 15.9 Å². The summed E-state index contributed by atoms with van der Waals surface area (Å²) in [5, 5.41) is 13.2. The number of rotatable bonds is 9. The van der Waals surface area contributed by atoms with Gasteiger partial charge in [-0.15, -0.1) is 0 Å². The third kappa shape index (κ3) is 6.24. The number of benzene rings is 3. The van der Waals surface area contributed by atoms with Gasteiger partial charge in [0.2, 0.25) is 0 Å². The van der Waals surface area contributed by atoms with Crippen molar-refractivity contribution in [1.82, 2.24) is 9.78 Å². The molecule has 1 heterocycles. The van der Waals surface area contributed by atoms with Crippen LogP contribution in [0.4, 0.5) is 27.6 Å².